The van der Waals surface area contributed by atoms with Crippen LogP contribution in [0.4, 0.5) is 0 Å². The van der Waals surface area contributed by atoms with Crippen LogP contribution in [-0.2, 0) is 0 Å². The molecule has 0 spiro atoms. The second-order valence-corrected chi connectivity index (χ2v) is 2.38. The summed E-state index contributed by atoms with van der Waals surface area (Å²) in [7, 11) is 0. The Bertz CT molecular complexity index is 192. The third kappa shape index (κ3) is 4.38. The zero-order valence-electron chi connectivity index (χ0n) is 6.61. The first-order valence-electron chi connectivity index (χ1n) is 3.97. The normalized spacial score (nSPS) is 29.8. The van der Waals surface area contributed by atoms with Crippen LogP contribution in [-0.4, -0.2) is 0 Å². The third-order valence-electron chi connectivity index (χ3n) is 1.43. The molecule has 0 N–H and O–H groups in total. The van der Waals surface area contributed by atoms with Gasteiger partial charge in [-0.25, -0.2) is 0 Å². The Kier molecular flexibility index (Phi) is 4.19. The monoisotopic (exact) mass is 145 g/mol. The molecule has 0 amide bonds. The minimum Gasteiger partial charge on any atom is -0.0876 e. The zero-order valence-corrected chi connectivity index (χ0v) is 6.61. The van der Waals surface area contributed by atoms with Crippen molar-refractivity contribution in [3.63, 3.8) is 0 Å². The molecule has 1 aliphatic rings. The van der Waals surface area contributed by atoms with Crippen molar-refractivity contribution >= 4 is 0 Å². The van der Waals surface area contributed by atoms with Crippen molar-refractivity contribution in [3.05, 3.63) is 55.0 Å². The van der Waals surface area contributed by atoms with Gasteiger partial charge in [-0.1, -0.05) is 48.6 Å². The summed E-state index contributed by atoms with van der Waals surface area (Å²) in [6.45, 7) is 0. The van der Waals surface area contributed by atoms with Gasteiger partial charge in [-0.05, 0) is 19.3 Å². The Hall–Kier alpha value is -1.04. The highest BCUT2D eigenvalue weighted by Crippen LogP contribution is 1.96. The van der Waals surface area contributed by atoms with E-state index in [-0.39, 0.29) is 0 Å². The summed E-state index contributed by atoms with van der Waals surface area (Å²) < 4.78 is 0. The number of hydrogen-bond donors (Lipinski definition) is 0. The highest BCUT2D eigenvalue weighted by atomic mass is 13.8. The van der Waals surface area contributed by atoms with Crippen LogP contribution in [0.25, 0.3) is 0 Å². The van der Waals surface area contributed by atoms with Gasteiger partial charge in [0.15, 0.2) is 0 Å². The van der Waals surface area contributed by atoms with E-state index in [1.807, 2.05) is 18.2 Å². The lowest BCUT2D eigenvalue weighted by Crippen LogP contribution is -1.64. The van der Waals surface area contributed by atoms with Gasteiger partial charge in [0.25, 0.3) is 0 Å². The lowest BCUT2D eigenvalue weighted by molar-refractivity contribution is 1.25. The van der Waals surface area contributed by atoms with Crippen molar-refractivity contribution in [1.82, 2.24) is 0 Å². The second-order valence-electron chi connectivity index (χ2n) is 2.38. The lowest BCUT2D eigenvalue weighted by Gasteiger charge is -1.83. The van der Waals surface area contributed by atoms with Gasteiger partial charge in [-0.3, -0.25) is 0 Å². The van der Waals surface area contributed by atoms with Gasteiger partial charge >= 0.3 is 0 Å². The summed E-state index contributed by atoms with van der Waals surface area (Å²) in [5.74, 6) is 0. The van der Waals surface area contributed by atoms with E-state index in [4.69, 9.17) is 0 Å². The number of hydrogen-bond acceptors (Lipinski definition) is 0. The molecule has 0 heteroatoms. The highest BCUT2D eigenvalue weighted by molar-refractivity contribution is 5.15. The van der Waals surface area contributed by atoms with E-state index in [0.29, 0.717) is 0 Å². The number of allylic oxidation sites excluding steroid dienone is 8. The summed E-state index contributed by atoms with van der Waals surface area (Å²) in [6, 6.07) is 0. The maximum absolute atomic E-state index is 2.18. The molecule has 1 rings (SSSR count). The molecule has 0 saturated carbocycles. The molecule has 0 bridgehead atoms. The molecule has 1 radical (unpaired) electrons. The molecule has 11 heavy (non-hydrogen) atoms. The van der Waals surface area contributed by atoms with Crippen molar-refractivity contribution in [3.8, 4) is 0 Å². The van der Waals surface area contributed by atoms with Gasteiger partial charge in [0, 0.05) is 0 Å². The molecule has 0 atom stereocenters. The quantitative estimate of drug-likeness (QED) is 0.459. The fourth-order valence-electron chi connectivity index (χ4n) is 0.856. The van der Waals surface area contributed by atoms with Crippen LogP contribution in [0, 0.1) is 6.42 Å². The van der Waals surface area contributed by atoms with Crippen LogP contribution >= 0.6 is 0 Å². The molecule has 0 aliphatic heterocycles. The van der Waals surface area contributed by atoms with Crippen molar-refractivity contribution in [2.45, 2.75) is 12.8 Å². The Morgan fingerprint density at radius 3 is 2.27 bits per heavy atom. The van der Waals surface area contributed by atoms with E-state index < -0.39 is 0 Å². The SMILES string of the molecule is [CH]1/C=C/C=C\C=C/C/C=C/C1. The maximum atomic E-state index is 2.18. The molecule has 0 heterocycles. The molecule has 0 aromatic carbocycles. The van der Waals surface area contributed by atoms with E-state index in [1.165, 1.54) is 0 Å². The van der Waals surface area contributed by atoms with Gasteiger partial charge in [0.2, 0.25) is 0 Å². The lowest BCUT2D eigenvalue weighted by atomic mass is 10.2. The van der Waals surface area contributed by atoms with Crippen LogP contribution < -0.4 is 0 Å². The topological polar surface area (TPSA) is 0 Å². The summed E-state index contributed by atoms with van der Waals surface area (Å²) >= 11 is 0. The highest BCUT2D eigenvalue weighted by Gasteiger charge is 1.77. The van der Waals surface area contributed by atoms with Crippen molar-refractivity contribution in [2.24, 2.45) is 0 Å². The summed E-state index contributed by atoms with van der Waals surface area (Å²) in [5, 5.41) is 0. The van der Waals surface area contributed by atoms with E-state index in [1.54, 1.807) is 0 Å². The van der Waals surface area contributed by atoms with Crippen LogP contribution in [0.1, 0.15) is 12.8 Å². The molecule has 0 saturated heterocycles. The predicted octanol–water partition coefficient (Wildman–Crippen LogP) is 3.21. The van der Waals surface area contributed by atoms with E-state index in [0.717, 1.165) is 12.8 Å². The van der Waals surface area contributed by atoms with Crippen molar-refractivity contribution < 1.29 is 0 Å². The molecule has 0 nitrogen and oxygen atoms in total. The van der Waals surface area contributed by atoms with Gasteiger partial charge in [0.05, 0.1) is 0 Å². The van der Waals surface area contributed by atoms with Gasteiger partial charge in [-0.2, -0.15) is 0 Å². The predicted molar refractivity (Wildman–Crippen MR) is 50.1 cm³/mol. The molecular formula is C11H13. The van der Waals surface area contributed by atoms with Gasteiger partial charge in [-0.15, -0.1) is 0 Å². The minimum absolute atomic E-state index is 1.04. The standard InChI is InChI=1S/C11H13/c1-2-4-6-8-10-11-9-7-5-3-1/h1-7,10-11H,8-9H2/b2-1-,5-3+,6-4-,11-10+. The van der Waals surface area contributed by atoms with Crippen molar-refractivity contribution in [1.29, 1.82) is 0 Å². The fraction of sp³-hybridized carbons (Fsp3) is 0.182. The fourth-order valence-corrected chi connectivity index (χ4v) is 0.856. The minimum atomic E-state index is 1.04. The average molecular weight is 145 g/mol. The largest absolute Gasteiger partial charge is 0.0876 e. The molecule has 0 fully saturated rings. The molecule has 57 valence electrons. The Balaban J connectivity index is 2.47. The summed E-state index contributed by atoms with van der Waals surface area (Å²) in [5.41, 5.74) is 0. The molecule has 0 aromatic heterocycles. The number of rotatable bonds is 0. The molecular weight excluding hydrogens is 132 g/mol. The molecule has 0 unspecified atom stereocenters. The van der Waals surface area contributed by atoms with Gasteiger partial charge in [0.1, 0.15) is 0 Å². The maximum Gasteiger partial charge on any atom is -0.0130 e. The first kappa shape index (κ1) is 8.06. The van der Waals surface area contributed by atoms with Crippen LogP contribution in [0.15, 0.2) is 48.6 Å². The molecule has 0 aromatic rings. The van der Waals surface area contributed by atoms with E-state index in [2.05, 4.69) is 36.8 Å². The zero-order chi connectivity index (χ0) is 7.78. The summed E-state index contributed by atoms with van der Waals surface area (Å²) in [4.78, 5) is 0. The van der Waals surface area contributed by atoms with E-state index in [9.17, 15) is 0 Å². The summed E-state index contributed by atoms with van der Waals surface area (Å²) in [6.07, 6.45) is 21.0. The second kappa shape index (κ2) is 5.72. The average Bonchev–Trinajstić information content (AvgIpc) is 2.08. The Morgan fingerprint density at radius 2 is 1.27 bits per heavy atom. The van der Waals surface area contributed by atoms with Crippen molar-refractivity contribution in [2.75, 3.05) is 0 Å². The molecule has 1 aliphatic carbocycles. The van der Waals surface area contributed by atoms with Gasteiger partial charge < -0.3 is 0 Å². The Labute approximate surface area is 68.6 Å². The first-order valence-corrected chi connectivity index (χ1v) is 3.97. The first-order chi connectivity index (χ1) is 5.50. The van der Waals surface area contributed by atoms with Crippen LogP contribution in [0.3, 0.4) is 0 Å². The third-order valence-corrected chi connectivity index (χ3v) is 1.43. The van der Waals surface area contributed by atoms with Crippen LogP contribution in [0.5, 0.6) is 0 Å². The van der Waals surface area contributed by atoms with E-state index >= 15 is 0 Å². The smallest absolute Gasteiger partial charge is 0.0130 e. The Morgan fingerprint density at radius 1 is 0.545 bits per heavy atom. The van der Waals surface area contributed by atoms with Crippen LogP contribution in [0.2, 0.25) is 0 Å².